The van der Waals surface area contributed by atoms with E-state index in [0.29, 0.717) is 6.04 Å². The third-order valence-electron chi connectivity index (χ3n) is 3.33. The van der Waals surface area contributed by atoms with Gasteiger partial charge in [-0.1, -0.05) is 39.5 Å². The summed E-state index contributed by atoms with van der Waals surface area (Å²) in [6.07, 6.45) is 6.71. The van der Waals surface area contributed by atoms with Crippen LogP contribution < -0.4 is 5.32 Å². The lowest BCUT2D eigenvalue weighted by Crippen LogP contribution is -2.19. The van der Waals surface area contributed by atoms with E-state index in [1.165, 1.54) is 47.4 Å². The Morgan fingerprint density at radius 3 is 2.47 bits per heavy atom. The quantitative estimate of drug-likeness (QED) is 0.644. The molecule has 0 bridgehead atoms. The van der Waals surface area contributed by atoms with Gasteiger partial charge < -0.3 is 5.32 Å². The van der Waals surface area contributed by atoms with Crippen molar-refractivity contribution in [1.82, 2.24) is 5.32 Å². The van der Waals surface area contributed by atoms with Crippen molar-refractivity contribution in [3.63, 3.8) is 0 Å². The molecule has 1 aromatic heterocycles. The molecule has 0 aliphatic rings. The SMILES string of the molecule is CCCCCCC(NCC)c1cc(C)c(C)s1. The predicted octanol–water partition coefficient (Wildman–Crippen LogP) is 4.99. The molecule has 2 heteroatoms. The zero-order valence-electron chi connectivity index (χ0n) is 11.8. The second-order valence-electron chi connectivity index (χ2n) is 4.85. The standard InChI is InChI=1S/C15H27NS/c1-5-7-8-9-10-14(16-6-2)15-11-12(3)13(4)17-15/h11,14,16H,5-10H2,1-4H3. The number of thiophene rings is 1. The van der Waals surface area contributed by atoms with Crippen molar-refractivity contribution in [3.8, 4) is 0 Å². The largest absolute Gasteiger partial charge is 0.310 e. The van der Waals surface area contributed by atoms with Crippen LogP contribution in [0.25, 0.3) is 0 Å². The molecule has 0 aliphatic heterocycles. The van der Waals surface area contributed by atoms with Crippen molar-refractivity contribution >= 4 is 11.3 Å². The van der Waals surface area contributed by atoms with Gasteiger partial charge in [0.25, 0.3) is 0 Å². The fourth-order valence-corrected chi connectivity index (χ4v) is 3.29. The smallest absolute Gasteiger partial charge is 0.0414 e. The summed E-state index contributed by atoms with van der Waals surface area (Å²) in [6, 6.07) is 2.95. The summed E-state index contributed by atoms with van der Waals surface area (Å²) in [7, 11) is 0. The van der Waals surface area contributed by atoms with E-state index in [9.17, 15) is 0 Å². The van der Waals surface area contributed by atoms with Crippen LogP contribution in [0.5, 0.6) is 0 Å². The molecule has 1 aromatic rings. The molecule has 1 N–H and O–H groups in total. The predicted molar refractivity (Wildman–Crippen MR) is 79.0 cm³/mol. The Morgan fingerprint density at radius 2 is 1.94 bits per heavy atom. The molecular formula is C15H27NS. The monoisotopic (exact) mass is 253 g/mol. The summed E-state index contributed by atoms with van der Waals surface area (Å²) < 4.78 is 0. The van der Waals surface area contributed by atoms with Crippen molar-refractivity contribution in [1.29, 1.82) is 0 Å². The average molecular weight is 253 g/mol. The average Bonchev–Trinajstić information content (AvgIpc) is 2.63. The fourth-order valence-electron chi connectivity index (χ4n) is 2.14. The summed E-state index contributed by atoms with van der Waals surface area (Å²) in [6.45, 7) is 9.98. The van der Waals surface area contributed by atoms with Gasteiger partial charge in [-0.2, -0.15) is 0 Å². The second-order valence-corrected chi connectivity index (χ2v) is 6.14. The molecule has 0 saturated carbocycles. The Morgan fingerprint density at radius 1 is 1.18 bits per heavy atom. The van der Waals surface area contributed by atoms with Crippen LogP contribution in [0.15, 0.2) is 6.07 Å². The van der Waals surface area contributed by atoms with E-state index in [1.807, 2.05) is 11.3 Å². The van der Waals surface area contributed by atoms with Crippen molar-refractivity contribution in [2.24, 2.45) is 0 Å². The van der Waals surface area contributed by atoms with E-state index in [-0.39, 0.29) is 0 Å². The number of rotatable bonds is 8. The van der Waals surface area contributed by atoms with Crippen molar-refractivity contribution in [3.05, 3.63) is 21.4 Å². The zero-order chi connectivity index (χ0) is 12.7. The minimum Gasteiger partial charge on any atom is -0.310 e. The number of unbranched alkanes of at least 4 members (excludes halogenated alkanes) is 3. The molecule has 17 heavy (non-hydrogen) atoms. The van der Waals surface area contributed by atoms with Crippen LogP contribution in [0.3, 0.4) is 0 Å². The highest BCUT2D eigenvalue weighted by atomic mass is 32.1. The molecule has 0 spiro atoms. The Balaban J connectivity index is 2.52. The lowest BCUT2D eigenvalue weighted by Gasteiger charge is -2.16. The second kappa shape index (κ2) is 7.88. The lowest BCUT2D eigenvalue weighted by molar-refractivity contribution is 0.487. The van der Waals surface area contributed by atoms with Gasteiger partial charge in [0.2, 0.25) is 0 Å². The highest BCUT2D eigenvalue weighted by molar-refractivity contribution is 7.12. The van der Waals surface area contributed by atoms with Gasteiger partial charge in [0.05, 0.1) is 0 Å². The van der Waals surface area contributed by atoms with Crippen LogP contribution in [0.4, 0.5) is 0 Å². The summed E-state index contributed by atoms with van der Waals surface area (Å²) in [4.78, 5) is 3.00. The van der Waals surface area contributed by atoms with Crippen LogP contribution in [-0.2, 0) is 0 Å². The van der Waals surface area contributed by atoms with Crippen molar-refractivity contribution < 1.29 is 0 Å². The Labute approximate surface area is 111 Å². The van der Waals surface area contributed by atoms with E-state index in [4.69, 9.17) is 0 Å². The van der Waals surface area contributed by atoms with E-state index in [1.54, 1.807) is 0 Å². The molecule has 1 heterocycles. The van der Waals surface area contributed by atoms with Crippen molar-refractivity contribution in [2.75, 3.05) is 6.54 Å². The molecule has 1 nitrogen and oxygen atoms in total. The fraction of sp³-hybridized carbons (Fsp3) is 0.733. The molecule has 1 atom stereocenters. The number of hydrogen-bond donors (Lipinski definition) is 1. The first-order valence-electron chi connectivity index (χ1n) is 6.99. The molecule has 0 saturated heterocycles. The van der Waals surface area contributed by atoms with Crippen LogP contribution in [0.1, 0.15) is 67.3 Å². The lowest BCUT2D eigenvalue weighted by atomic mass is 10.1. The molecule has 0 fully saturated rings. The van der Waals surface area contributed by atoms with Gasteiger partial charge in [0.1, 0.15) is 0 Å². The first-order valence-corrected chi connectivity index (χ1v) is 7.81. The third-order valence-corrected chi connectivity index (χ3v) is 4.59. The van der Waals surface area contributed by atoms with Gasteiger partial charge in [-0.15, -0.1) is 11.3 Å². The maximum atomic E-state index is 3.63. The van der Waals surface area contributed by atoms with Gasteiger partial charge in [-0.3, -0.25) is 0 Å². The van der Waals surface area contributed by atoms with E-state index >= 15 is 0 Å². The van der Waals surface area contributed by atoms with Crippen LogP contribution >= 0.6 is 11.3 Å². The first-order chi connectivity index (χ1) is 8.19. The number of nitrogens with one attached hydrogen (secondary N) is 1. The van der Waals surface area contributed by atoms with Crippen LogP contribution in [0, 0.1) is 13.8 Å². The van der Waals surface area contributed by atoms with Crippen molar-refractivity contribution in [2.45, 2.75) is 65.8 Å². The highest BCUT2D eigenvalue weighted by Crippen LogP contribution is 2.29. The van der Waals surface area contributed by atoms with Gasteiger partial charge in [-0.25, -0.2) is 0 Å². The normalized spacial score (nSPS) is 12.9. The van der Waals surface area contributed by atoms with Gasteiger partial charge >= 0.3 is 0 Å². The van der Waals surface area contributed by atoms with Gasteiger partial charge in [0, 0.05) is 15.8 Å². The summed E-state index contributed by atoms with van der Waals surface area (Å²) in [5.74, 6) is 0. The Kier molecular flexibility index (Phi) is 6.83. The topological polar surface area (TPSA) is 12.0 Å². The Hall–Kier alpha value is -0.340. The van der Waals surface area contributed by atoms with Crippen LogP contribution in [-0.4, -0.2) is 6.54 Å². The molecule has 98 valence electrons. The van der Waals surface area contributed by atoms with Crippen LogP contribution in [0.2, 0.25) is 0 Å². The number of aryl methyl sites for hydroxylation is 2. The summed E-state index contributed by atoms with van der Waals surface area (Å²) in [5, 5.41) is 3.63. The van der Waals surface area contributed by atoms with E-state index < -0.39 is 0 Å². The molecular weight excluding hydrogens is 226 g/mol. The van der Waals surface area contributed by atoms with E-state index in [0.717, 1.165) is 6.54 Å². The van der Waals surface area contributed by atoms with E-state index in [2.05, 4.69) is 39.1 Å². The molecule has 1 rings (SSSR count). The molecule has 0 radical (unpaired) electrons. The van der Waals surface area contributed by atoms with Gasteiger partial charge in [0.15, 0.2) is 0 Å². The molecule has 1 unspecified atom stereocenters. The minimum absolute atomic E-state index is 0.578. The molecule has 0 amide bonds. The number of hydrogen-bond acceptors (Lipinski definition) is 2. The Bertz CT molecular complexity index is 297. The maximum absolute atomic E-state index is 3.63. The maximum Gasteiger partial charge on any atom is 0.0414 e. The zero-order valence-corrected chi connectivity index (χ0v) is 12.6. The van der Waals surface area contributed by atoms with Gasteiger partial charge in [-0.05, 0) is 38.4 Å². The minimum atomic E-state index is 0.578. The third kappa shape index (κ3) is 4.81. The highest BCUT2D eigenvalue weighted by Gasteiger charge is 2.13. The summed E-state index contributed by atoms with van der Waals surface area (Å²) >= 11 is 1.96. The summed E-state index contributed by atoms with van der Waals surface area (Å²) in [5.41, 5.74) is 1.45. The molecule has 0 aliphatic carbocycles. The molecule has 0 aromatic carbocycles. The first kappa shape index (κ1) is 14.7.